The fourth-order valence-electron chi connectivity index (χ4n) is 6.01. The zero-order valence-corrected chi connectivity index (χ0v) is 23.9. The van der Waals surface area contributed by atoms with Gasteiger partial charge in [-0.05, 0) is 58.1 Å². The molecular weight excluding hydrogens is 504 g/mol. The summed E-state index contributed by atoms with van der Waals surface area (Å²) in [6.45, 7) is 11.7. The highest BCUT2D eigenvalue weighted by Gasteiger charge is 2.33. The van der Waals surface area contributed by atoms with E-state index in [9.17, 15) is 10.1 Å². The van der Waals surface area contributed by atoms with Crippen molar-refractivity contribution < 1.29 is 9.53 Å². The summed E-state index contributed by atoms with van der Waals surface area (Å²) >= 11 is 0. The number of nitrogens with zero attached hydrogens (tertiary/aromatic N) is 7. The van der Waals surface area contributed by atoms with E-state index in [4.69, 9.17) is 14.7 Å². The van der Waals surface area contributed by atoms with Crippen LogP contribution in [0.5, 0.6) is 6.01 Å². The maximum atomic E-state index is 12.5. The topological polar surface area (TPSA) is 105 Å². The molecule has 0 bridgehead atoms. The van der Waals surface area contributed by atoms with Crippen molar-refractivity contribution in [2.24, 2.45) is 0 Å². The summed E-state index contributed by atoms with van der Waals surface area (Å²) < 4.78 is 6.25. The zero-order valence-electron chi connectivity index (χ0n) is 23.9. The molecule has 4 heterocycles. The van der Waals surface area contributed by atoms with E-state index in [1.807, 2.05) is 27.2 Å². The van der Waals surface area contributed by atoms with Gasteiger partial charge in [-0.25, -0.2) is 0 Å². The molecule has 0 saturated carbocycles. The molecule has 1 amide bonds. The van der Waals surface area contributed by atoms with Crippen LogP contribution in [-0.2, 0) is 17.8 Å². The summed E-state index contributed by atoms with van der Waals surface area (Å²) in [7, 11) is 4.03. The smallest absolute Gasteiger partial charge is 0.318 e. The molecule has 0 spiro atoms. The Labute approximate surface area is 235 Å². The van der Waals surface area contributed by atoms with Crippen LogP contribution in [0.25, 0.3) is 10.9 Å². The number of anilines is 2. The number of likely N-dealkylation sites (N-methyl/N-ethyl adjacent to an activating group) is 1. The summed E-state index contributed by atoms with van der Waals surface area (Å²) in [5, 5.41) is 10.7. The summed E-state index contributed by atoms with van der Waals surface area (Å²) in [4.78, 5) is 34.1. The summed E-state index contributed by atoms with van der Waals surface area (Å²) in [6, 6.07) is 8.80. The van der Waals surface area contributed by atoms with E-state index in [2.05, 4.69) is 57.5 Å². The molecule has 5 rings (SSSR count). The van der Waals surface area contributed by atoms with Crippen molar-refractivity contribution in [3.63, 3.8) is 0 Å². The molecule has 0 aliphatic carbocycles. The zero-order chi connectivity index (χ0) is 28.4. The molecule has 2 atom stereocenters. The van der Waals surface area contributed by atoms with Crippen molar-refractivity contribution in [1.82, 2.24) is 24.8 Å². The number of amides is 1. The van der Waals surface area contributed by atoms with Crippen molar-refractivity contribution in [1.29, 1.82) is 5.26 Å². The Morgan fingerprint density at radius 1 is 1.27 bits per heavy atom. The second-order valence-corrected chi connectivity index (χ2v) is 11.0. The summed E-state index contributed by atoms with van der Waals surface area (Å²) in [5.74, 6) is 0.706. The van der Waals surface area contributed by atoms with Gasteiger partial charge in [-0.3, -0.25) is 4.79 Å². The number of benzene rings is 1. The standard InChI is InChI=1S/C30H38N8O2/c1-6-27(39)38-16-15-37(18-22(38)9-12-31)29-24-11-14-36(28-20(2)7-8-25-23(28)10-13-32-25)19-26(24)33-30(34-29)40-21(3)17-35(4)5/h6-8,10,13,21-22,32H,1,9,11,14-19H2,2-5H3/t21-,22?/m1/s1. The molecule has 1 saturated heterocycles. The lowest BCUT2D eigenvalue weighted by Crippen LogP contribution is -2.55. The van der Waals surface area contributed by atoms with Crippen LogP contribution in [0.1, 0.15) is 30.2 Å². The Bertz CT molecular complexity index is 1440. The lowest BCUT2D eigenvalue weighted by molar-refractivity contribution is -0.128. The molecule has 210 valence electrons. The first kappa shape index (κ1) is 27.5. The molecule has 2 aliphatic rings. The number of aromatic amines is 1. The molecule has 10 nitrogen and oxygen atoms in total. The quantitative estimate of drug-likeness (QED) is 0.433. The van der Waals surface area contributed by atoms with Gasteiger partial charge in [-0.1, -0.05) is 12.6 Å². The second kappa shape index (κ2) is 11.6. The lowest BCUT2D eigenvalue weighted by atomic mass is 10.0. The van der Waals surface area contributed by atoms with Crippen LogP contribution < -0.4 is 14.5 Å². The molecule has 0 radical (unpaired) electrons. The molecule has 10 heteroatoms. The normalized spacial score (nSPS) is 18.0. The molecule has 40 heavy (non-hydrogen) atoms. The van der Waals surface area contributed by atoms with Crippen LogP contribution in [0.3, 0.4) is 0 Å². The lowest BCUT2D eigenvalue weighted by Gasteiger charge is -2.42. The molecule has 2 aliphatic heterocycles. The highest BCUT2D eigenvalue weighted by atomic mass is 16.5. The molecular formula is C30H38N8O2. The Morgan fingerprint density at radius 2 is 2.10 bits per heavy atom. The van der Waals surface area contributed by atoms with E-state index in [0.717, 1.165) is 42.1 Å². The van der Waals surface area contributed by atoms with Gasteiger partial charge < -0.3 is 29.3 Å². The van der Waals surface area contributed by atoms with Crippen LogP contribution in [0.15, 0.2) is 37.1 Å². The van der Waals surface area contributed by atoms with Crippen molar-refractivity contribution in [2.75, 3.05) is 56.6 Å². The number of nitriles is 1. The molecule has 3 aromatic rings. The number of ether oxygens (including phenoxy) is 1. The maximum absolute atomic E-state index is 12.5. The number of hydrogen-bond acceptors (Lipinski definition) is 8. The van der Waals surface area contributed by atoms with Crippen molar-refractivity contribution in [3.8, 4) is 12.1 Å². The van der Waals surface area contributed by atoms with E-state index >= 15 is 0 Å². The van der Waals surface area contributed by atoms with Gasteiger partial charge in [0.1, 0.15) is 11.9 Å². The third-order valence-electron chi connectivity index (χ3n) is 7.74. The minimum absolute atomic E-state index is 0.0927. The average Bonchev–Trinajstić information content (AvgIpc) is 3.40. The number of carbonyl (C=O) groups is 1. The van der Waals surface area contributed by atoms with Crippen LogP contribution in [0.2, 0.25) is 0 Å². The van der Waals surface area contributed by atoms with Crippen LogP contribution in [-0.4, -0.2) is 89.6 Å². The number of piperazine rings is 1. The van der Waals surface area contributed by atoms with Gasteiger partial charge >= 0.3 is 6.01 Å². The van der Waals surface area contributed by atoms with E-state index in [1.54, 1.807) is 4.90 Å². The van der Waals surface area contributed by atoms with Crippen molar-refractivity contribution >= 4 is 28.3 Å². The Hall–Kier alpha value is -4.10. The SMILES string of the molecule is C=CC(=O)N1CCN(c2nc(O[C@H](C)CN(C)C)nc3c2CCN(c2c(C)ccc4[nH]ccc24)C3)CC1CC#N. The van der Waals surface area contributed by atoms with Gasteiger partial charge in [0, 0.05) is 61.1 Å². The third-order valence-corrected chi connectivity index (χ3v) is 7.74. The first-order valence-corrected chi connectivity index (χ1v) is 13.9. The average molecular weight is 543 g/mol. The van der Waals surface area contributed by atoms with Gasteiger partial charge in [0.15, 0.2) is 0 Å². The number of aryl methyl sites for hydroxylation is 1. The second-order valence-electron chi connectivity index (χ2n) is 11.0. The number of fused-ring (bicyclic) bond motifs is 2. The van der Waals surface area contributed by atoms with Gasteiger partial charge in [0.05, 0.1) is 30.8 Å². The molecule has 1 N–H and O–H groups in total. The van der Waals surface area contributed by atoms with E-state index in [-0.39, 0.29) is 24.5 Å². The van der Waals surface area contributed by atoms with Crippen molar-refractivity contribution in [3.05, 3.63) is 53.9 Å². The summed E-state index contributed by atoms with van der Waals surface area (Å²) in [6.07, 6.45) is 4.25. The fourth-order valence-corrected chi connectivity index (χ4v) is 6.01. The predicted molar refractivity (Wildman–Crippen MR) is 157 cm³/mol. The largest absolute Gasteiger partial charge is 0.459 e. The third kappa shape index (κ3) is 5.47. The highest BCUT2D eigenvalue weighted by molar-refractivity contribution is 5.94. The van der Waals surface area contributed by atoms with Gasteiger partial charge in [-0.2, -0.15) is 15.2 Å². The molecule has 1 fully saturated rings. The number of aromatic nitrogens is 3. The number of H-pyrrole nitrogens is 1. The van der Waals surface area contributed by atoms with Crippen LogP contribution in [0, 0.1) is 18.3 Å². The Balaban J connectivity index is 1.51. The van der Waals surface area contributed by atoms with E-state index in [1.165, 1.54) is 22.7 Å². The van der Waals surface area contributed by atoms with Gasteiger partial charge in [0.25, 0.3) is 0 Å². The number of hydrogen-bond donors (Lipinski definition) is 1. The molecule has 1 unspecified atom stereocenters. The van der Waals surface area contributed by atoms with Crippen molar-refractivity contribution in [2.45, 2.75) is 45.4 Å². The van der Waals surface area contributed by atoms with Crippen LogP contribution >= 0.6 is 0 Å². The van der Waals surface area contributed by atoms with Gasteiger partial charge in [0.2, 0.25) is 5.91 Å². The predicted octanol–water partition coefficient (Wildman–Crippen LogP) is 3.27. The molecule has 1 aromatic carbocycles. The van der Waals surface area contributed by atoms with Crippen LogP contribution in [0.4, 0.5) is 11.5 Å². The Morgan fingerprint density at radius 3 is 2.85 bits per heavy atom. The number of nitrogens with one attached hydrogen (secondary N) is 1. The highest BCUT2D eigenvalue weighted by Crippen LogP contribution is 2.36. The maximum Gasteiger partial charge on any atom is 0.318 e. The monoisotopic (exact) mass is 542 g/mol. The minimum atomic E-state index is -0.235. The first-order valence-electron chi connectivity index (χ1n) is 13.9. The summed E-state index contributed by atoms with van der Waals surface area (Å²) in [5.41, 5.74) is 5.63. The molecule has 2 aromatic heterocycles. The first-order chi connectivity index (χ1) is 19.3. The van der Waals surface area contributed by atoms with E-state index < -0.39 is 0 Å². The number of rotatable bonds is 8. The minimum Gasteiger partial charge on any atom is -0.459 e. The number of carbonyl (C=O) groups excluding carboxylic acids is 1. The fraction of sp³-hybridized carbons (Fsp3) is 0.467. The van der Waals surface area contributed by atoms with E-state index in [0.29, 0.717) is 32.2 Å². The Kier molecular flexibility index (Phi) is 7.94. The van der Waals surface area contributed by atoms with Gasteiger partial charge in [-0.15, -0.1) is 0 Å².